The van der Waals surface area contributed by atoms with Crippen LogP contribution in [-0.4, -0.2) is 5.11 Å². The fourth-order valence-electron chi connectivity index (χ4n) is 2.83. The maximum Gasteiger partial charge on any atom is 0.121 e. The zero-order chi connectivity index (χ0) is 15.4. The molecule has 0 aliphatic rings. The van der Waals surface area contributed by atoms with Crippen molar-refractivity contribution in [1.82, 2.24) is 0 Å². The molecule has 0 aliphatic carbocycles. The molecule has 0 fully saturated rings. The minimum Gasteiger partial charge on any atom is -0.398 e. The third kappa shape index (κ3) is 2.74. The first-order valence-electron chi connectivity index (χ1n) is 7.37. The van der Waals surface area contributed by atoms with Crippen molar-refractivity contribution in [1.29, 1.82) is 0 Å². The number of para-hydroxylation sites is 1. The van der Waals surface area contributed by atoms with E-state index in [0.717, 1.165) is 16.7 Å². The molecule has 0 unspecified atom stereocenters. The van der Waals surface area contributed by atoms with E-state index in [-0.39, 0.29) is 0 Å². The van der Waals surface area contributed by atoms with Crippen molar-refractivity contribution in [3.05, 3.63) is 102 Å². The summed E-state index contributed by atoms with van der Waals surface area (Å²) >= 11 is 0. The van der Waals surface area contributed by atoms with Crippen molar-refractivity contribution in [2.75, 3.05) is 5.73 Å². The zero-order valence-corrected chi connectivity index (χ0v) is 12.3. The predicted octanol–water partition coefficient (Wildman–Crippen LogP) is 3.75. The van der Waals surface area contributed by atoms with E-state index in [1.165, 1.54) is 0 Å². The second-order valence-electron chi connectivity index (χ2n) is 5.48. The summed E-state index contributed by atoms with van der Waals surface area (Å²) < 4.78 is 0. The van der Waals surface area contributed by atoms with E-state index < -0.39 is 5.60 Å². The van der Waals surface area contributed by atoms with Gasteiger partial charge >= 0.3 is 0 Å². The summed E-state index contributed by atoms with van der Waals surface area (Å²) in [5.41, 5.74) is 8.25. The van der Waals surface area contributed by atoms with E-state index in [0.29, 0.717) is 12.1 Å². The van der Waals surface area contributed by atoms with Gasteiger partial charge in [-0.25, -0.2) is 0 Å². The van der Waals surface area contributed by atoms with Gasteiger partial charge in [0.05, 0.1) is 0 Å². The van der Waals surface area contributed by atoms with Gasteiger partial charge in [-0.2, -0.15) is 0 Å². The number of aliphatic hydroxyl groups is 1. The SMILES string of the molecule is Nc1ccccc1[C@@](O)(Cc1ccccc1)c1ccccc1. The molecule has 2 heteroatoms. The van der Waals surface area contributed by atoms with Crippen LogP contribution in [0.3, 0.4) is 0 Å². The van der Waals surface area contributed by atoms with Crippen LogP contribution in [0.25, 0.3) is 0 Å². The maximum atomic E-state index is 11.5. The summed E-state index contributed by atoms with van der Waals surface area (Å²) in [5.74, 6) is 0. The molecule has 0 heterocycles. The van der Waals surface area contributed by atoms with Gasteiger partial charge in [0, 0.05) is 17.7 Å². The Bertz CT molecular complexity index is 740. The molecule has 0 aromatic heterocycles. The lowest BCUT2D eigenvalue weighted by atomic mass is 9.80. The molecule has 0 amide bonds. The van der Waals surface area contributed by atoms with E-state index in [2.05, 4.69) is 0 Å². The Morgan fingerprint density at radius 2 is 1.27 bits per heavy atom. The first kappa shape index (κ1) is 14.4. The molecule has 2 nitrogen and oxygen atoms in total. The van der Waals surface area contributed by atoms with Gasteiger partial charge in [0.15, 0.2) is 0 Å². The first-order chi connectivity index (χ1) is 10.7. The van der Waals surface area contributed by atoms with E-state index in [4.69, 9.17) is 5.73 Å². The Kier molecular flexibility index (Phi) is 3.94. The Labute approximate surface area is 130 Å². The van der Waals surface area contributed by atoms with Crippen molar-refractivity contribution in [3.8, 4) is 0 Å². The van der Waals surface area contributed by atoms with Crippen molar-refractivity contribution in [2.45, 2.75) is 12.0 Å². The standard InChI is InChI=1S/C20H19NO/c21-19-14-8-7-13-18(19)20(22,17-11-5-2-6-12-17)15-16-9-3-1-4-10-16/h1-14,22H,15,21H2/t20-/m1/s1. The molecule has 3 aromatic rings. The second kappa shape index (κ2) is 6.04. The fraction of sp³-hybridized carbons (Fsp3) is 0.100. The molecular formula is C20H19NO. The summed E-state index contributed by atoms with van der Waals surface area (Å²) in [5, 5.41) is 11.5. The number of hydrogen-bond acceptors (Lipinski definition) is 2. The highest BCUT2D eigenvalue weighted by atomic mass is 16.3. The lowest BCUT2D eigenvalue weighted by Gasteiger charge is -2.30. The molecular weight excluding hydrogens is 270 g/mol. The summed E-state index contributed by atoms with van der Waals surface area (Å²) in [7, 11) is 0. The molecule has 3 rings (SSSR count). The highest BCUT2D eigenvalue weighted by molar-refractivity contribution is 5.54. The number of anilines is 1. The molecule has 0 aliphatic heterocycles. The fourth-order valence-corrected chi connectivity index (χ4v) is 2.83. The summed E-state index contributed by atoms with van der Waals surface area (Å²) in [4.78, 5) is 0. The van der Waals surface area contributed by atoms with E-state index in [1.54, 1.807) is 0 Å². The van der Waals surface area contributed by atoms with Gasteiger partial charge < -0.3 is 10.8 Å². The van der Waals surface area contributed by atoms with Crippen LogP contribution in [0.4, 0.5) is 5.69 Å². The molecule has 110 valence electrons. The molecule has 3 aromatic carbocycles. The third-order valence-corrected chi connectivity index (χ3v) is 3.96. The summed E-state index contributed by atoms with van der Waals surface area (Å²) in [6.07, 6.45) is 0.478. The molecule has 0 radical (unpaired) electrons. The number of nitrogens with two attached hydrogens (primary N) is 1. The van der Waals surface area contributed by atoms with Crippen molar-refractivity contribution in [2.24, 2.45) is 0 Å². The number of benzene rings is 3. The molecule has 3 N–H and O–H groups in total. The number of rotatable bonds is 4. The van der Waals surface area contributed by atoms with E-state index in [9.17, 15) is 5.11 Å². The molecule has 0 spiro atoms. The summed E-state index contributed by atoms with van der Waals surface area (Å²) in [6, 6.07) is 27.2. The Hall–Kier alpha value is -2.58. The molecule has 0 bridgehead atoms. The third-order valence-electron chi connectivity index (χ3n) is 3.96. The van der Waals surface area contributed by atoms with Crippen LogP contribution in [0.5, 0.6) is 0 Å². The lowest BCUT2D eigenvalue weighted by Crippen LogP contribution is -2.31. The molecule has 0 saturated heterocycles. The average Bonchev–Trinajstić information content (AvgIpc) is 2.57. The van der Waals surface area contributed by atoms with Crippen molar-refractivity contribution >= 4 is 5.69 Å². The molecule has 22 heavy (non-hydrogen) atoms. The Morgan fingerprint density at radius 3 is 1.91 bits per heavy atom. The quantitative estimate of drug-likeness (QED) is 0.719. The normalized spacial score (nSPS) is 13.5. The van der Waals surface area contributed by atoms with Gasteiger partial charge in [0.1, 0.15) is 5.60 Å². The van der Waals surface area contributed by atoms with Crippen molar-refractivity contribution in [3.63, 3.8) is 0 Å². The van der Waals surface area contributed by atoms with Gasteiger partial charge in [-0.3, -0.25) is 0 Å². The van der Waals surface area contributed by atoms with E-state index in [1.807, 2.05) is 84.9 Å². The minimum absolute atomic E-state index is 0.478. The van der Waals surface area contributed by atoms with E-state index >= 15 is 0 Å². The maximum absolute atomic E-state index is 11.5. The van der Waals surface area contributed by atoms with Crippen LogP contribution in [-0.2, 0) is 12.0 Å². The monoisotopic (exact) mass is 289 g/mol. The van der Waals surface area contributed by atoms with Crippen LogP contribution in [0.1, 0.15) is 16.7 Å². The van der Waals surface area contributed by atoms with Gasteiger partial charge in [-0.15, -0.1) is 0 Å². The minimum atomic E-state index is -1.14. The topological polar surface area (TPSA) is 46.2 Å². The smallest absolute Gasteiger partial charge is 0.121 e. The second-order valence-corrected chi connectivity index (χ2v) is 5.48. The molecule has 0 saturated carbocycles. The van der Waals surface area contributed by atoms with Gasteiger partial charge in [-0.05, 0) is 17.2 Å². The largest absolute Gasteiger partial charge is 0.398 e. The van der Waals surface area contributed by atoms with Crippen LogP contribution in [0.15, 0.2) is 84.9 Å². The lowest BCUT2D eigenvalue weighted by molar-refractivity contribution is 0.0819. The average molecular weight is 289 g/mol. The van der Waals surface area contributed by atoms with Gasteiger partial charge in [-0.1, -0.05) is 78.9 Å². The Balaban J connectivity index is 2.12. The van der Waals surface area contributed by atoms with Gasteiger partial charge in [0.25, 0.3) is 0 Å². The van der Waals surface area contributed by atoms with Crippen LogP contribution < -0.4 is 5.73 Å². The van der Waals surface area contributed by atoms with Crippen LogP contribution >= 0.6 is 0 Å². The van der Waals surface area contributed by atoms with Crippen LogP contribution in [0, 0.1) is 0 Å². The summed E-state index contributed by atoms with van der Waals surface area (Å²) in [6.45, 7) is 0. The Morgan fingerprint density at radius 1 is 0.727 bits per heavy atom. The zero-order valence-electron chi connectivity index (χ0n) is 12.3. The first-order valence-corrected chi connectivity index (χ1v) is 7.37. The molecule has 1 atom stereocenters. The highest BCUT2D eigenvalue weighted by Gasteiger charge is 2.33. The highest BCUT2D eigenvalue weighted by Crippen LogP contribution is 2.36. The van der Waals surface area contributed by atoms with Crippen LogP contribution in [0.2, 0.25) is 0 Å². The number of nitrogen functional groups attached to an aromatic ring is 1. The predicted molar refractivity (Wildman–Crippen MR) is 90.4 cm³/mol. The van der Waals surface area contributed by atoms with Crippen molar-refractivity contribution < 1.29 is 5.11 Å². The van der Waals surface area contributed by atoms with Gasteiger partial charge in [0.2, 0.25) is 0 Å². The number of hydrogen-bond donors (Lipinski definition) is 2.